The Morgan fingerprint density at radius 2 is 1.86 bits per heavy atom. The standard InChI is InChI=1S/C13H16O/c1-9-7-12(8-10(2)13(9)14)11-5-3-4-6-11/h3,5,7-8,11,14H,4,6H2,1-2H3. The molecule has 1 N–H and O–H groups in total. The van der Waals surface area contributed by atoms with E-state index in [1.807, 2.05) is 13.8 Å². The minimum atomic E-state index is 0.440. The lowest BCUT2D eigenvalue weighted by atomic mass is 9.94. The largest absolute Gasteiger partial charge is 0.507 e. The van der Waals surface area contributed by atoms with E-state index < -0.39 is 0 Å². The number of hydrogen-bond donors (Lipinski definition) is 1. The second-order valence-electron chi connectivity index (χ2n) is 4.12. The van der Waals surface area contributed by atoms with E-state index in [1.165, 1.54) is 18.4 Å². The Labute approximate surface area is 85.1 Å². The van der Waals surface area contributed by atoms with Crippen LogP contribution in [0.3, 0.4) is 0 Å². The van der Waals surface area contributed by atoms with Gasteiger partial charge in [0, 0.05) is 5.92 Å². The third kappa shape index (κ3) is 1.54. The van der Waals surface area contributed by atoms with Crippen molar-refractivity contribution in [3.8, 4) is 5.75 Å². The molecule has 74 valence electrons. The van der Waals surface area contributed by atoms with Gasteiger partial charge in [-0.2, -0.15) is 0 Å². The van der Waals surface area contributed by atoms with Crippen molar-refractivity contribution in [1.29, 1.82) is 0 Å². The Hall–Kier alpha value is -1.24. The van der Waals surface area contributed by atoms with Crippen LogP contribution in [0.5, 0.6) is 5.75 Å². The highest BCUT2D eigenvalue weighted by Gasteiger charge is 2.13. The van der Waals surface area contributed by atoms with Crippen molar-refractivity contribution in [2.24, 2.45) is 0 Å². The maximum Gasteiger partial charge on any atom is 0.121 e. The Balaban J connectivity index is 2.39. The summed E-state index contributed by atoms with van der Waals surface area (Å²) in [5.41, 5.74) is 3.31. The van der Waals surface area contributed by atoms with Gasteiger partial charge in [-0.25, -0.2) is 0 Å². The number of phenols is 1. The van der Waals surface area contributed by atoms with Crippen LogP contribution in [-0.2, 0) is 0 Å². The molecule has 0 saturated carbocycles. The molecule has 1 aliphatic rings. The van der Waals surface area contributed by atoms with E-state index in [-0.39, 0.29) is 0 Å². The van der Waals surface area contributed by atoms with E-state index in [4.69, 9.17) is 0 Å². The van der Waals surface area contributed by atoms with Crippen LogP contribution >= 0.6 is 0 Å². The molecule has 0 fully saturated rings. The molecule has 0 aliphatic heterocycles. The fraction of sp³-hybridized carbons (Fsp3) is 0.385. The zero-order chi connectivity index (χ0) is 10.1. The predicted molar refractivity (Wildman–Crippen MR) is 58.7 cm³/mol. The van der Waals surface area contributed by atoms with Gasteiger partial charge >= 0.3 is 0 Å². The first-order chi connectivity index (χ1) is 6.68. The monoisotopic (exact) mass is 188 g/mol. The van der Waals surface area contributed by atoms with Gasteiger partial charge in [-0.15, -0.1) is 0 Å². The first kappa shape index (κ1) is 9.32. The SMILES string of the molecule is Cc1cc(C2C=CCC2)cc(C)c1O. The third-order valence-electron chi connectivity index (χ3n) is 2.95. The van der Waals surface area contributed by atoms with Gasteiger partial charge in [0.2, 0.25) is 0 Å². The van der Waals surface area contributed by atoms with Gasteiger partial charge in [0.15, 0.2) is 0 Å². The minimum Gasteiger partial charge on any atom is -0.507 e. The molecule has 1 nitrogen and oxygen atoms in total. The van der Waals surface area contributed by atoms with Crippen LogP contribution in [0.25, 0.3) is 0 Å². The van der Waals surface area contributed by atoms with Gasteiger partial charge in [-0.3, -0.25) is 0 Å². The highest BCUT2D eigenvalue weighted by atomic mass is 16.3. The first-order valence-corrected chi connectivity index (χ1v) is 5.15. The Bertz CT molecular complexity index is 354. The lowest BCUT2D eigenvalue weighted by Gasteiger charge is -2.12. The van der Waals surface area contributed by atoms with Crippen LogP contribution in [0.1, 0.15) is 35.4 Å². The second kappa shape index (κ2) is 3.49. The molecule has 0 saturated heterocycles. The molecule has 0 spiro atoms. The van der Waals surface area contributed by atoms with E-state index in [9.17, 15) is 5.11 Å². The van der Waals surface area contributed by atoms with Crippen molar-refractivity contribution in [3.63, 3.8) is 0 Å². The number of benzene rings is 1. The van der Waals surface area contributed by atoms with Crippen molar-refractivity contribution < 1.29 is 5.11 Å². The highest BCUT2D eigenvalue weighted by molar-refractivity contribution is 5.44. The molecule has 1 atom stereocenters. The number of allylic oxidation sites excluding steroid dienone is 2. The summed E-state index contributed by atoms with van der Waals surface area (Å²) >= 11 is 0. The maximum absolute atomic E-state index is 9.66. The Morgan fingerprint density at radius 1 is 1.21 bits per heavy atom. The number of hydrogen-bond acceptors (Lipinski definition) is 1. The Kier molecular flexibility index (Phi) is 2.32. The highest BCUT2D eigenvalue weighted by Crippen LogP contribution is 2.32. The quantitative estimate of drug-likeness (QED) is 0.669. The summed E-state index contributed by atoms with van der Waals surface area (Å²) < 4.78 is 0. The summed E-state index contributed by atoms with van der Waals surface area (Å²) in [4.78, 5) is 0. The molecule has 0 amide bonds. The molecule has 0 aromatic heterocycles. The zero-order valence-corrected chi connectivity index (χ0v) is 8.75. The molecule has 1 aliphatic carbocycles. The van der Waals surface area contributed by atoms with E-state index in [0.29, 0.717) is 11.7 Å². The minimum absolute atomic E-state index is 0.440. The van der Waals surface area contributed by atoms with Crippen molar-refractivity contribution in [3.05, 3.63) is 41.0 Å². The molecule has 0 radical (unpaired) electrons. The zero-order valence-electron chi connectivity index (χ0n) is 8.75. The predicted octanol–water partition coefficient (Wildman–Crippen LogP) is 3.44. The van der Waals surface area contributed by atoms with E-state index in [1.54, 1.807) is 0 Å². The molecule has 1 heteroatoms. The van der Waals surface area contributed by atoms with Crippen LogP contribution < -0.4 is 0 Å². The molecule has 0 heterocycles. The van der Waals surface area contributed by atoms with E-state index >= 15 is 0 Å². The van der Waals surface area contributed by atoms with E-state index in [2.05, 4.69) is 24.3 Å². The van der Waals surface area contributed by atoms with Gasteiger partial charge in [0.25, 0.3) is 0 Å². The molecule has 1 unspecified atom stereocenters. The van der Waals surface area contributed by atoms with Gasteiger partial charge in [-0.1, -0.05) is 24.3 Å². The van der Waals surface area contributed by atoms with Crippen molar-refractivity contribution in [2.45, 2.75) is 32.6 Å². The molecule has 1 aromatic carbocycles. The molecular formula is C13H16O. The Morgan fingerprint density at radius 3 is 2.36 bits per heavy atom. The smallest absolute Gasteiger partial charge is 0.121 e. The first-order valence-electron chi connectivity index (χ1n) is 5.15. The number of aryl methyl sites for hydroxylation is 2. The van der Waals surface area contributed by atoms with E-state index in [0.717, 1.165) is 11.1 Å². The lowest BCUT2D eigenvalue weighted by molar-refractivity contribution is 0.466. The average Bonchev–Trinajstić information content (AvgIpc) is 2.66. The van der Waals surface area contributed by atoms with Gasteiger partial charge in [-0.05, 0) is 43.4 Å². The van der Waals surface area contributed by atoms with Crippen LogP contribution in [0, 0.1) is 13.8 Å². The summed E-state index contributed by atoms with van der Waals surface area (Å²) in [6.07, 6.45) is 6.90. The number of aromatic hydroxyl groups is 1. The topological polar surface area (TPSA) is 20.2 Å². The summed E-state index contributed by atoms with van der Waals surface area (Å²) in [7, 11) is 0. The van der Waals surface area contributed by atoms with Crippen molar-refractivity contribution in [2.75, 3.05) is 0 Å². The van der Waals surface area contributed by atoms with Crippen molar-refractivity contribution in [1.82, 2.24) is 0 Å². The fourth-order valence-corrected chi connectivity index (χ4v) is 2.11. The normalized spacial score (nSPS) is 20.3. The maximum atomic E-state index is 9.66. The fourth-order valence-electron chi connectivity index (χ4n) is 2.11. The molecule has 14 heavy (non-hydrogen) atoms. The van der Waals surface area contributed by atoms with Crippen LogP contribution in [-0.4, -0.2) is 5.11 Å². The summed E-state index contributed by atoms with van der Waals surface area (Å²) in [5.74, 6) is 1.00. The lowest BCUT2D eigenvalue weighted by Crippen LogP contribution is -1.93. The second-order valence-corrected chi connectivity index (χ2v) is 4.12. The summed E-state index contributed by atoms with van der Waals surface area (Å²) in [5, 5.41) is 9.66. The average molecular weight is 188 g/mol. The van der Waals surface area contributed by atoms with Gasteiger partial charge in [0.1, 0.15) is 5.75 Å². The number of phenolic OH excluding ortho intramolecular Hbond substituents is 1. The van der Waals surface area contributed by atoms with Crippen LogP contribution in [0.2, 0.25) is 0 Å². The summed E-state index contributed by atoms with van der Waals surface area (Å²) in [6, 6.07) is 4.20. The van der Waals surface area contributed by atoms with Crippen LogP contribution in [0.15, 0.2) is 24.3 Å². The van der Waals surface area contributed by atoms with Crippen LogP contribution in [0.4, 0.5) is 0 Å². The van der Waals surface area contributed by atoms with Gasteiger partial charge < -0.3 is 5.11 Å². The number of rotatable bonds is 1. The molecule has 2 rings (SSSR count). The third-order valence-corrected chi connectivity index (χ3v) is 2.95. The molecule has 1 aromatic rings. The van der Waals surface area contributed by atoms with Gasteiger partial charge in [0.05, 0.1) is 0 Å². The van der Waals surface area contributed by atoms with Crippen molar-refractivity contribution >= 4 is 0 Å². The summed E-state index contributed by atoms with van der Waals surface area (Å²) in [6.45, 7) is 3.93. The molecule has 0 bridgehead atoms. The molecular weight excluding hydrogens is 172 g/mol.